The van der Waals surface area contributed by atoms with Gasteiger partial charge in [0.05, 0.1) is 17.3 Å². The summed E-state index contributed by atoms with van der Waals surface area (Å²) in [6, 6.07) is 3.85. The van der Waals surface area contributed by atoms with E-state index in [1.807, 2.05) is 23.6 Å². The van der Waals surface area contributed by atoms with Crippen molar-refractivity contribution < 1.29 is 4.74 Å². The zero-order chi connectivity index (χ0) is 13.3. The highest BCUT2D eigenvalue weighted by Crippen LogP contribution is 2.34. The molecule has 4 nitrogen and oxygen atoms in total. The number of hydrogen-bond acceptors (Lipinski definition) is 3. The van der Waals surface area contributed by atoms with Gasteiger partial charge in [-0.2, -0.15) is 5.10 Å². The first kappa shape index (κ1) is 13.8. The topological polar surface area (TPSA) is 42.8 Å². The zero-order valence-electron chi connectivity index (χ0n) is 9.83. The van der Waals surface area contributed by atoms with E-state index < -0.39 is 0 Å². The standard InChI is InChI=1S/C11H11Br2N3OS/c1-3-10-14-15-11(18)16(10)8-5-9(17-2)7(13)4-6(8)12/h4-5H,3H2,1-2H3,(H,15,18). The van der Waals surface area contributed by atoms with Gasteiger partial charge >= 0.3 is 0 Å². The zero-order valence-corrected chi connectivity index (χ0v) is 13.8. The van der Waals surface area contributed by atoms with Crippen LogP contribution in [-0.2, 0) is 6.42 Å². The first-order valence-electron chi connectivity index (χ1n) is 5.28. The minimum atomic E-state index is 0.567. The lowest BCUT2D eigenvalue weighted by Crippen LogP contribution is -2.02. The average molecular weight is 393 g/mol. The van der Waals surface area contributed by atoms with Crippen molar-refractivity contribution in [2.75, 3.05) is 7.11 Å². The molecule has 0 radical (unpaired) electrons. The number of benzene rings is 1. The summed E-state index contributed by atoms with van der Waals surface area (Å²) in [6.45, 7) is 2.03. The van der Waals surface area contributed by atoms with Crippen LogP contribution in [0.5, 0.6) is 5.75 Å². The lowest BCUT2D eigenvalue weighted by molar-refractivity contribution is 0.412. The van der Waals surface area contributed by atoms with Crippen LogP contribution in [0.2, 0.25) is 0 Å². The SMILES string of the molecule is CCc1n[nH]c(=S)n1-c1cc(OC)c(Br)cc1Br. The van der Waals surface area contributed by atoms with Gasteiger partial charge in [0.1, 0.15) is 11.6 Å². The van der Waals surface area contributed by atoms with Crippen molar-refractivity contribution in [1.82, 2.24) is 14.8 Å². The summed E-state index contributed by atoms with van der Waals surface area (Å²) < 4.78 is 9.57. The highest BCUT2D eigenvalue weighted by atomic mass is 79.9. The molecule has 1 aromatic carbocycles. The van der Waals surface area contributed by atoms with Crippen LogP contribution in [0.1, 0.15) is 12.7 Å². The van der Waals surface area contributed by atoms with E-state index in [-0.39, 0.29) is 0 Å². The van der Waals surface area contributed by atoms with E-state index in [2.05, 4.69) is 42.1 Å². The van der Waals surface area contributed by atoms with Gasteiger partial charge in [0.25, 0.3) is 0 Å². The van der Waals surface area contributed by atoms with Gasteiger partial charge in [-0.3, -0.25) is 9.67 Å². The minimum absolute atomic E-state index is 0.567. The number of aromatic nitrogens is 3. The van der Waals surface area contributed by atoms with E-state index in [4.69, 9.17) is 17.0 Å². The monoisotopic (exact) mass is 391 g/mol. The average Bonchev–Trinajstić information content (AvgIpc) is 2.71. The predicted molar refractivity (Wildman–Crippen MR) is 80.1 cm³/mol. The maximum Gasteiger partial charge on any atom is 0.199 e. The van der Waals surface area contributed by atoms with Gasteiger partial charge in [-0.05, 0) is 50.1 Å². The maximum absolute atomic E-state index is 5.31. The van der Waals surface area contributed by atoms with Crippen LogP contribution in [0, 0.1) is 4.77 Å². The molecule has 0 spiro atoms. The molecule has 1 heterocycles. The summed E-state index contributed by atoms with van der Waals surface area (Å²) in [6.07, 6.45) is 0.790. The minimum Gasteiger partial charge on any atom is -0.495 e. The lowest BCUT2D eigenvalue weighted by atomic mass is 10.3. The summed E-state index contributed by atoms with van der Waals surface area (Å²) in [4.78, 5) is 0. The molecular formula is C11H11Br2N3OS. The molecule has 0 aliphatic rings. The van der Waals surface area contributed by atoms with E-state index in [0.717, 1.165) is 32.6 Å². The quantitative estimate of drug-likeness (QED) is 0.802. The second-order valence-electron chi connectivity index (χ2n) is 3.57. The Morgan fingerprint density at radius 2 is 2.11 bits per heavy atom. The van der Waals surface area contributed by atoms with Crippen LogP contribution in [0.25, 0.3) is 5.69 Å². The fourth-order valence-electron chi connectivity index (χ4n) is 1.66. The Bertz CT molecular complexity index is 636. The van der Waals surface area contributed by atoms with Crippen LogP contribution in [0.4, 0.5) is 0 Å². The van der Waals surface area contributed by atoms with E-state index in [1.165, 1.54) is 0 Å². The Morgan fingerprint density at radius 1 is 1.39 bits per heavy atom. The van der Waals surface area contributed by atoms with Crippen molar-refractivity contribution in [3.63, 3.8) is 0 Å². The molecule has 0 saturated carbocycles. The number of halogens is 2. The number of H-pyrrole nitrogens is 1. The van der Waals surface area contributed by atoms with Crippen LogP contribution in [0.15, 0.2) is 21.1 Å². The summed E-state index contributed by atoms with van der Waals surface area (Å²) in [5.74, 6) is 1.63. The Hall–Kier alpha value is -0.660. The van der Waals surface area contributed by atoms with E-state index >= 15 is 0 Å². The Labute approximate surface area is 127 Å². The van der Waals surface area contributed by atoms with Gasteiger partial charge < -0.3 is 4.74 Å². The van der Waals surface area contributed by atoms with Crippen LogP contribution in [0.3, 0.4) is 0 Å². The maximum atomic E-state index is 5.31. The second-order valence-corrected chi connectivity index (χ2v) is 5.67. The Morgan fingerprint density at radius 3 is 2.72 bits per heavy atom. The Kier molecular flexibility index (Phi) is 4.24. The largest absolute Gasteiger partial charge is 0.495 e. The van der Waals surface area contributed by atoms with Gasteiger partial charge in [0, 0.05) is 17.0 Å². The van der Waals surface area contributed by atoms with Crippen molar-refractivity contribution in [1.29, 1.82) is 0 Å². The van der Waals surface area contributed by atoms with Gasteiger partial charge in [-0.1, -0.05) is 6.92 Å². The van der Waals surface area contributed by atoms with Crippen LogP contribution < -0.4 is 4.74 Å². The van der Waals surface area contributed by atoms with Crippen molar-refractivity contribution >= 4 is 44.1 Å². The van der Waals surface area contributed by atoms with Crippen molar-refractivity contribution in [3.8, 4) is 11.4 Å². The highest BCUT2D eigenvalue weighted by molar-refractivity contribution is 9.11. The van der Waals surface area contributed by atoms with Crippen molar-refractivity contribution in [2.24, 2.45) is 0 Å². The predicted octanol–water partition coefficient (Wildman–Crippen LogP) is 4.03. The molecule has 0 aliphatic heterocycles. The first-order chi connectivity index (χ1) is 8.58. The molecule has 0 fully saturated rings. The third-order valence-electron chi connectivity index (χ3n) is 2.52. The number of hydrogen-bond donors (Lipinski definition) is 1. The van der Waals surface area contributed by atoms with Crippen molar-refractivity contribution in [3.05, 3.63) is 31.7 Å². The molecule has 0 aliphatic carbocycles. The molecule has 18 heavy (non-hydrogen) atoms. The summed E-state index contributed by atoms with van der Waals surface area (Å²) in [5, 5.41) is 7.01. The molecule has 1 aromatic heterocycles. The molecule has 0 unspecified atom stereocenters. The number of aryl methyl sites for hydroxylation is 1. The van der Waals surface area contributed by atoms with E-state index in [1.54, 1.807) is 7.11 Å². The summed E-state index contributed by atoms with van der Waals surface area (Å²) in [7, 11) is 1.63. The van der Waals surface area contributed by atoms with Crippen molar-refractivity contribution in [2.45, 2.75) is 13.3 Å². The Balaban J connectivity index is 2.70. The van der Waals surface area contributed by atoms with Gasteiger partial charge in [0.15, 0.2) is 4.77 Å². The number of rotatable bonds is 3. The molecule has 2 rings (SSSR count). The molecule has 96 valence electrons. The summed E-state index contributed by atoms with van der Waals surface area (Å²) >= 11 is 12.2. The molecule has 2 aromatic rings. The molecule has 0 saturated heterocycles. The summed E-state index contributed by atoms with van der Waals surface area (Å²) in [5.41, 5.74) is 0.908. The highest BCUT2D eigenvalue weighted by Gasteiger charge is 2.13. The number of aromatic amines is 1. The molecular weight excluding hydrogens is 382 g/mol. The normalized spacial score (nSPS) is 10.7. The first-order valence-corrected chi connectivity index (χ1v) is 7.27. The molecule has 1 N–H and O–H groups in total. The third kappa shape index (κ3) is 2.39. The molecule has 7 heteroatoms. The smallest absolute Gasteiger partial charge is 0.199 e. The molecule has 0 amide bonds. The fourth-order valence-corrected chi connectivity index (χ4v) is 3.24. The molecule has 0 atom stereocenters. The second kappa shape index (κ2) is 5.54. The van der Waals surface area contributed by atoms with Crippen LogP contribution in [-0.4, -0.2) is 21.9 Å². The third-order valence-corrected chi connectivity index (χ3v) is 4.05. The number of nitrogens with zero attached hydrogens (tertiary/aromatic N) is 2. The van der Waals surface area contributed by atoms with Gasteiger partial charge in [-0.25, -0.2) is 0 Å². The molecule has 0 bridgehead atoms. The number of ether oxygens (including phenoxy) is 1. The van der Waals surface area contributed by atoms with Crippen LogP contribution >= 0.6 is 44.1 Å². The number of nitrogens with one attached hydrogen (secondary N) is 1. The fraction of sp³-hybridized carbons (Fsp3) is 0.273. The van der Waals surface area contributed by atoms with Gasteiger partial charge in [-0.15, -0.1) is 0 Å². The van der Waals surface area contributed by atoms with E-state index in [0.29, 0.717) is 4.77 Å². The van der Waals surface area contributed by atoms with E-state index in [9.17, 15) is 0 Å². The lowest BCUT2D eigenvalue weighted by Gasteiger charge is -2.11. The van der Waals surface area contributed by atoms with Gasteiger partial charge in [0.2, 0.25) is 0 Å². The number of methoxy groups -OCH3 is 1.